The van der Waals surface area contributed by atoms with E-state index >= 15 is 0 Å². The van der Waals surface area contributed by atoms with Crippen molar-refractivity contribution in [1.29, 1.82) is 0 Å². The molecule has 0 bridgehead atoms. The van der Waals surface area contributed by atoms with Gasteiger partial charge in [0.15, 0.2) is 0 Å². The Labute approximate surface area is 123 Å². The van der Waals surface area contributed by atoms with E-state index in [2.05, 4.69) is 5.32 Å². The summed E-state index contributed by atoms with van der Waals surface area (Å²) in [6.07, 6.45) is -0.499. The molecule has 0 saturated heterocycles. The van der Waals surface area contributed by atoms with Crippen LogP contribution >= 0.6 is 11.6 Å². The van der Waals surface area contributed by atoms with Crippen molar-refractivity contribution in [2.24, 2.45) is 0 Å². The molecular weight excluding hydrogens is 282 g/mol. The fourth-order valence-electron chi connectivity index (χ4n) is 1.45. The highest BCUT2D eigenvalue weighted by molar-refractivity contribution is 6.30. The number of ether oxygens (including phenoxy) is 2. The van der Waals surface area contributed by atoms with Crippen LogP contribution in [-0.4, -0.2) is 30.0 Å². The molecule has 1 aromatic carbocycles. The fraction of sp³-hybridized carbons (Fsp3) is 0.500. The van der Waals surface area contributed by atoms with Crippen LogP contribution in [0.5, 0.6) is 5.75 Å². The zero-order chi connectivity index (χ0) is 15.2. The average Bonchev–Trinajstić information content (AvgIpc) is 2.33. The van der Waals surface area contributed by atoms with Crippen LogP contribution in [0.2, 0.25) is 5.02 Å². The van der Waals surface area contributed by atoms with Gasteiger partial charge in [-0.3, -0.25) is 0 Å². The molecule has 0 spiro atoms. The van der Waals surface area contributed by atoms with E-state index in [-0.39, 0.29) is 19.8 Å². The van der Waals surface area contributed by atoms with Gasteiger partial charge in [-0.05, 0) is 32.9 Å². The Kier molecular flexibility index (Phi) is 6.10. The molecular formula is C14H20ClNO4. The molecule has 0 aliphatic rings. The third-order valence-corrected chi connectivity index (χ3v) is 2.44. The standard InChI is InChI=1S/C14H20ClNO4/c1-14(2,3)20-13(18)16-9-10-4-5-11(15)8-12(10)19-7-6-17/h4-5,8,17H,6-7,9H2,1-3H3,(H,16,18). The summed E-state index contributed by atoms with van der Waals surface area (Å²) >= 11 is 5.89. The molecule has 0 aliphatic heterocycles. The third kappa shape index (κ3) is 6.12. The number of carbonyl (C=O) groups excluding carboxylic acids is 1. The van der Waals surface area contributed by atoms with Crippen molar-refractivity contribution in [1.82, 2.24) is 5.32 Å². The zero-order valence-electron chi connectivity index (χ0n) is 11.9. The van der Waals surface area contributed by atoms with Crippen LogP contribution in [-0.2, 0) is 11.3 Å². The number of aliphatic hydroxyl groups excluding tert-OH is 1. The maximum absolute atomic E-state index is 11.6. The predicted molar refractivity (Wildman–Crippen MR) is 77.1 cm³/mol. The van der Waals surface area contributed by atoms with E-state index in [9.17, 15) is 4.79 Å². The minimum Gasteiger partial charge on any atom is -0.491 e. The van der Waals surface area contributed by atoms with Crippen molar-refractivity contribution >= 4 is 17.7 Å². The molecule has 0 atom stereocenters. The van der Waals surface area contributed by atoms with Crippen LogP contribution in [0.3, 0.4) is 0 Å². The summed E-state index contributed by atoms with van der Waals surface area (Å²) < 4.78 is 10.5. The summed E-state index contributed by atoms with van der Waals surface area (Å²) in [7, 11) is 0. The number of hydrogen-bond donors (Lipinski definition) is 2. The normalized spacial score (nSPS) is 11.1. The minimum atomic E-state index is -0.541. The minimum absolute atomic E-state index is 0.0918. The van der Waals surface area contributed by atoms with Gasteiger partial charge >= 0.3 is 6.09 Å². The summed E-state index contributed by atoms with van der Waals surface area (Å²) in [6.45, 7) is 5.72. The van der Waals surface area contributed by atoms with E-state index in [1.807, 2.05) is 0 Å². The number of benzene rings is 1. The number of hydrogen-bond acceptors (Lipinski definition) is 4. The number of amides is 1. The maximum atomic E-state index is 11.6. The molecule has 2 N–H and O–H groups in total. The van der Waals surface area contributed by atoms with Crippen molar-refractivity contribution in [3.05, 3.63) is 28.8 Å². The Bertz CT molecular complexity index is 457. The lowest BCUT2D eigenvalue weighted by molar-refractivity contribution is 0.0523. The van der Waals surface area contributed by atoms with Crippen molar-refractivity contribution in [3.63, 3.8) is 0 Å². The van der Waals surface area contributed by atoms with Crippen molar-refractivity contribution in [3.8, 4) is 5.75 Å². The Morgan fingerprint density at radius 2 is 2.10 bits per heavy atom. The monoisotopic (exact) mass is 301 g/mol. The van der Waals surface area contributed by atoms with Crippen LogP contribution in [0.25, 0.3) is 0 Å². The van der Waals surface area contributed by atoms with Crippen LogP contribution in [0, 0.1) is 0 Å². The summed E-state index contributed by atoms with van der Waals surface area (Å²) in [4.78, 5) is 11.6. The van der Waals surface area contributed by atoms with Gasteiger partial charge in [0.25, 0.3) is 0 Å². The molecule has 0 unspecified atom stereocenters. The van der Waals surface area contributed by atoms with E-state index < -0.39 is 11.7 Å². The van der Waals surface area contributed by atoms with Crippen LogP contribution in [0.4, 0.5) is 4.79 Å². The highest BCUT2D eigenvalue weighted by Crippen LogP contribution is 2.23. The van der Waals surface area contributed by atoms with Gasteiger partial charge in [-0.15, -0.1) is 0 Å². The molecule has 0 radical (unpaired) electrons. The Hall–Kier alpha value is -1.46. The van der Waals surface area contributed by atoms with Crippen molar-refractivity contribution in [2.75, 3.05) is 13.2 Å². The van der Waals surface area contributed by atoms with Crippen molar-refractivity contribution in [2.45, 2.75) is 32.9 Å². The Balaban J connectivity index is 2.65. The smallest absolute Gasteiger partial charge is 0.407 e. The molecule has 0 fully saturated rings. The zero-order valence-corrected chi connectivity index (χ0v) is 12.7. The number of halogens is 1. The first-order valence-corrected chi connectivity index (χ1v) is 6.68. The van der Waals surface area contributed by atoms with E-state index in [1.54, 1.807) is 39.0 Å². The number of carbonyl (C=O) groups is 1. The Morgan fingerprint density at radius 3 is 2.70 bits per heavy atom. The number of alkyl carbamates (subject to hydrolysis) is 1. The molecule has 6 heteroatoms. The molecule has 0 heterocycles. The quantitative estimate of drug-likeness (QED) is 0.877. The number of nitrogens with one attached hydrogen (secondary N) is 1. The molecule has 20 heavy (non-hydrogen) atoms. The van der Waals surface area contributed by atoms with Gasteiger partial charge in [0.1, 0.15) is 18.0 Å². The van der Waals surface area contributed by atoms with Gasteiger partial charge in [-0.2, -0.15) is 0 Å². The largest absolute Gasteiger partial charge is 0.491 e. The van der Waals surface area contributed by atoms with Gasteiger partial charge in [0.2, 0.25) is 0 Å². The lowest BCUT2D eigenvalue weighted by Crippen LogP contribution is -2.32. The second-order valence-electron chi connectivity index (χ2n) is 5.18. The number of rotatable bonds is 5. The molecule has 5 nitrogen and oxygen atoms in total. The highest BCUT2D eigenvalue weighted by Gasteiger charge is 2.16. The first kappa shape index (κ1) is 16.6. The van der Waals surface area contributed by atoms with Crippen molar-refractivity contribution < 1.29 is 19.4 Å². The second-order valence-corrected chi connectivity index (χ2v) is 5.62. The summed E-state index contributed by atoms with van der Waals surface area (Å²) in [6, 6.07) is 5.11. The topological polar surface area (TPSA) is 67.8 Å². The molecule has 1 aromatic rings. The summed E-state index contributed by atoms with van der Waals surface area (Å²) in [5.41, 5.74) is 0.217. The van der Waals surface area contributed by atoms with Gasteiger partial charge in [-0.1, -0.05) is 17.7 Å². The lowest BCUT2D eigenvalue weighted by atomic mass is 10.2. The first-order valence-electron chi connectivity index (χ1n) is 6.31. The fourth-order valence-corrected chi connectivity index (χ4v) is 1.61. The number of aliphatic hydroxyl groups is 1. The Morgan fingerprint density at radius 1 is 1.40 bits per heavy atom. The molecule has 0 saturated carbocycles. The van der Waals surface area contributed by atoms with E-state index in [0.717, 1.165) is 5.56 Å². The van der Waals surface area contributed by atoms with Gasteiger partial charge < -0.3 is 19.9 Å². The summed E-state index contributed by atoms with van der Waals surface area (Å²) in [5, 5.41) is 12.0. The average molecular weight is 302 g/mol. The van der Waals surface area contributed by atoms with Crippen LogP contribution in [0.1, 0.15) is 26.3 Å². The molecule has 1 rings (SSSR count). The molecule has 1 amide bonds. The molecule has 0 aromatic heterocycles. The lowest BCUT2D eigenvalue weighted by Gasteiger charge is -2.20. The van der Waals surface area contributed by atoms with Gasteiger partial charge in [0.05, 0.1) is 6.61 Å². The first-order chi connectivity index (χ1) is 9.31. The summed E-state index contributed by atoms with van der Waals surface area (Å²) in [5.74, 6) is 0.530. The van der Waals surface area contributed by atoms with E-state index in [0.29, 0.717) is 10.8 Å². The van der Waals surface area contributed by atoms with Crippen LogP contribution in [0.15, 0.2) is 18.2 Å². The van der Waals surface area contributed by atoms with Crippen LogP contribution < -0.4 is 10.1 Å². The third-order valence-electron chi connectivity index (χ3n) is 2.20. The predicted octanol–water partition coefficient (Wildman–Crippen LogP) is 2.74. The highest BCUT2D eigenvalue weighted by atomic mass is 35.5. The van der Waals surface area contributed by atoms with Gasteiger partial charge in [0, 0.05) is 17.1 Å². The second kappa shape index (κ2) is 7.36. The van der Waals surface area contributed by atoms with Gasteiger partial charge in [-0.25, -0.2) is 4.79 Å². The van der Waals surface area contributed by atoms with E-state index in [4.69, 9.17) is 26.2 Å². The molecule has 0 aliphatic carbocycles. The maximum Gasteiger partial charge on any atom is 0.407 e. The molecule has 112 valence electrons. The SMILES string of the molecule is CC(C)(C)OC(=O)NCc1ccc(Cl)cc1OCCO. The van der Waals surface area contributed by atoms with E-state index in [1.165, 1.54) is 0 Å².